The van der Waals surface area contributed by atoms with Gasteiger partial charge in [-0.3, -0.25) is 4.79 Å². The van der Waals surface area contributed by atoms with E-state index in [0.717, 1.165) is 11.4 Å². The largest absolute Gasteiger partial charge is 0.335 e. The van der Waals surface area contributed by atoms with Crippen LogP contribution in [-0.2, 0) is 0 Å². The molecule has 0 aromatic heterocycles. The monoisotopic (exact) mass is 403 g/mol. The van der Waals surface area contributed by atoms with Crippen molar-refractivity contribution in [1.82, 2.24) is 0 Å². The fraction of sp³-hybridized carbons (Fsp3) is 0.0455. The molecule has 1 unspecified atom stereocenters. The van der Waals surface area contributed by atoms with Crippen molar-refractivity contribution in [2.24, 2.45) is 9.98 Å². The Morgan fingerprint density at radius 1 is 0.821 bits per heavy atom. The van der Waals surface area contributed by atoms with E-state index in [-0.39, 0.29) is 10.4 Å². The molecule has 0 spiro atoms. The quantitative estimate of drug-likeness (QED) is 0.557. The van der Waals surface area contributed by atoms with Gasteiger partial charge in [0.2, 0.25) is 0 Å². The number of carbonyl (C=O) groups is 1. The van der Waals surface area contributed by atoms with E-state index in [1.165, 1.54) is 23.5 Å². The number of ketones is 1. The first-order valence-electron chi connectivity index (χ1n) is 8.75. The third kappa shape index (κ3) is 4.71. The lowest BCUT2D eigenvalue weighted by molar-refractivity contribution is 0.101. The van der Waals surface area contributed by atoms with Crippen LogP contribution in [0.25, 0.3) is 0 Å². The van der Waals surface area contributed by atoms with E-state index in [9.17, 15) is 4.79 Å². The first-order valence-corrected chi connectivity index (χ1v) is 10.5. The molecule has 1 atom stereocenters. The zero-order valence-corrected chi connectivity index (χ0v) is 16.5. The summed E-state index contributed by atoms with van der Waals surface area (Å²) < 4.78 is -0.353. The van der Waals surface area contributed by atoms with Crippen LogP contribution in [0.4, 0.5) is 11.4 Å². The molecule has 0 fully saturated rings. The van der Waals surface area contributed by atoms with Gasteiger partial charge in [-0.2, -0.15) is 4.99 Å². The summed E-state index contributed by atoms with van der Waals surface area (Å²) in [4.78, 5) is 22.3. The highest BCUT2D eigenvalue weighted by Crippen LogP contribution is 2.35. The van der Waals surface area contributed by atoms with Crippen LogP contribution in [0.15, 0.2) is 101 Å². The van der Waals surface area contributed by atoms with Crippen LogP contribution in [0.1, 0.15) is 10.4 Å². The van der Waals surface area contributed by atoms with E-state index in [2.05, 4.69) is 15.3 Å². The Kier molecular flexibility index (Phi) is 5.89. The minimum atomic E-state index is -0.353. The van der Waals surface area contributed by atoms with E-state index in [4.69, 9.17) is 0 Å². The lowest BCUT2D eigenvalue weighted by Gasteiger charge is -2.21. The summed E-state index contributed by atoms with van der Waals surface area (Å²) in [5.41, 5.74) is 2.42. The molecular formula is C22H17N3OS2. The Labute approximate surface area is 172 Å². The summed E-state index contributed by atoms with van der Waals surface area (Å²) >= 11 is 2.79. The Morgan fingerprint density at radius 3 is 2.11 bits per heavy atom. The molecule has 0 bridgehead atoms. The van der Waals surface area contributed by atoms with Gasteiger partial charge in [-0.1, -0.05) is 90.3 Å². The number of hydrogen-bond acceptors (Lipinski definition) is 5. The molecule has 28 heavy (non-hydrogen) atoms. The molecule has 138 valence electrons. The molecule has 1 aliphatic rings. The summed E-state index contributed by atoms with van der Waals surface area (Å²) in [5, 5.41) is 4.53. The van der Waals surface area contributed by atoms with Crippen LogP contribution >= 0.6 is 23.5 Å². The highest BCUT2D eigenvalue weighted by molar-refractivity contribution is 8.32. The zero-order chi connectivity index (χ0) is 19.2. The average molecular weight is 404 g/mol. The number of rotatable bonds is 4. The molecule has 0 radical (unpaired) electrons. The topological polar surface area (TPSA) is 53.8 Å². The number of anilines is 1. The van der Waals surface area contributed by atoms with Gasteiger partial charge in [0, 0.05) is 11.3 Å². The van der Waals surface area contributed by atoms with E-state index in [1.807, 2.05) is 91.0 Å². The maximum Gasteiger partial charge on any atom is 0.192 e. The second-order valence-corrected chi connectivity index (χ2v) is 8.40. The highest BCUT2D eigenvalue weighted by Gasteiger charge is 2.29. The maximum absolute atomic E-state index is 13.0. The van der Waals surface area contributed by atoms with Gasteiger partial charge in [-0.25, -0.2) is 4.99 Å². The molecule has 1 heterocycles. The van der Waals surface area contributed by atoms with Gasteiger partial charge < -0.3 is 5.32 Å². The predicted molar refractivity (Wildman–Crippen MR) is 121 cm³/mol. The van der Waals surface area contributed by atoms with Gasteiger partial charge in [0.15, 0.2) is 16.1 Å². The number of nitrogens with one attached hydrogen (secondary N) is 1. The van der Waals surface area contributed by atoms with Gasteiger partial charge in [0.1, 0.15) is 4.58 Å². The number of Topliss-reactive ketones (excluding diaryl/α,β-unsaturated/α-hetero) is 1. The van der Waals surface area contributed by atoms with Gasteiger partial charge >= 0.3 is 0 Å². The Bertz CT molecular complexity index is 1010. The molecule has 4 rings (SSSR count). The predicted octanol–water partition coefficient (Wildman–Crippen LogP) is 5.83. The molecular weight excluding hydrogens is 386 g/mol. The van der Waals surface area contributed by atoms with Crippen LogP contribution < -0.4 is 5.32 Å². The average Bonchev–Trinajstić information content (AvgIpc) is 2.75. The molecule has 0 amide bonds. The number of aliphatic imine (C=N–C) groups is 2. The number of benzene rings is 3. The molecule has 0 aliphatic carbocycles. The first-order chi connectivity index (χ1) is 13.8. The summed E-state index contributed by atoms with van der Waals surface area (Å²) in [7, 11) is 0. The van der Waals surface area contributed by atoms with Gasteiger partial charge in [0.05, 0.1) is 5.69 Å². The third-order valence-corrected chi connectivity index (χ3v) is 6.15. The number of carbonyl (C=O) groups excluding carboxylic acids is 1. The van der Waals surface area contributed by atoms with Gasteiger partial charge in [-0.15, -0.1) is 0 Å². The molecule has 1 N–H and O–H groups in total. The van der Waals surface area contributed by atoms with Crippen LogP contribution in [-0.4, -0.2) is 20.7 Å². The van der Waals surface area contributed by atoms with Crippen molar-refractivity contribution in [3.8, 4) is 0 Å². The highest BCUT2D eigenvalue weighted by atomic mass is 32.2. The summed E-state index contributed by atoms with van der Waals surface area (Å²) in [5.74, 6) is 0.0543. The number of hydrogen-bond donors (Lipinski definition) is 1. The maximum atomic E-state index is 13.0. The Hall–Kier alpha value is -2.83. The van der Waals surface area contributed by atoms with Crippen molar-refractivity contribution in [2.45, 2.75) is 4.58 Å². The number of nitrogens with zero attached hydrogens (tertiary/aromatic N) is 2. The molecule has 6 heteroatoms. The second kappa shape index (κ2) is 8.91. The van der Waals surface area contributed by atoms with Crippen LogP contribution in [0.3, 0.4) is 0 Å². The first kappa shape index (κ1) is 18.5. The minimum Gasteiger partial charge on any atom is -0.335 e. The van der Waals surface area contributed by atoms with E-state index in [1.54, 1.807) is 0 Å². The van der Waals surface area contributed by atoms with Crippen molar-refractivity contribution in [2.75, 3.05) is 5.32 Å². The summed E-state index contributed by atoms with van der Waals surface area (Å²) in [6.07, 6.45) is 0. The second-order valence-electron chi connectivity index (χ2n) is 5.94. The van der Waals surface area contributed by atoms with E-state index < -0.39 is 0 Å². The Morgan fingerprint density at radius 2 is 1.43 bits per heavy atom. The van der Waals surface area contributed by atoms with E-state index >= 15 is 0 Å². The van der Waals surface area contributed by atoms with Crippen molar-refractivity contribution < 1.29 is 4.79 Å². The van der Waals surface area contributed by atoms with Crippen LogP contribution in [0.5, 0.6) is 0 Å². The van der Waals surface area contributed by atoms with Gasteiger partial charge in [0.25, 0.3) is 0 Å². The zero-order valence-electron chi connectivity index (χ0n) is 14.9. The van der Waals surface area contributed by atoms with E-state index in [0.29, 0.717) is 15.9 Å². The fourth-order valence-corrected chi connectivity index (χ4v) is 4.85. The van der Waals surface area contributed by atoms with Gasteiger partial charge in [-0.05, 0) is 24.3 Å². The number of thioether (sulfide) groups is 2. The SMILES string of the molecule is O=C(c1ccccc1)C1SC(=Nc2ccccc2)N=C(Nc2ccccc2)S1. The Balaban J connectivity index is 1.64. The summed E-state index contributed by atoms with van der Waals surface area (Å²) in [6, 6.07) is 28.8. The molecule has 3 aromatic carbocycles. The lowest BCUT2D eigenvalue weighted by atomic mass is 10.1. The normalized spacial score (nSPS) is 17.8. The fourth-order valence-electron chi connectivity index (χ4n) is 2.57. The standard InChI is InChI=1S/C22H17N3OS2/c26-19(16-10-4-1-5-11-16)20-27-21(23-17-12-6-2-7-13-17)25-22(28-20)24-18-14-8-3-9-15-18/h1-15,20H,(H,23,24,25). The molecule has 1 aliphatic heterocycles. The van der Waals surface area contributed by atoms with Crippen molar-refractivity contribution >= 4 is 51.0 Å². The molecule has 0 saturated heterocycles. The number of amidine groups is 2. The van der Waals surface area contributed by atoms with Crippen molar-refractivity contribution in [1.29, 1.82) is 0 Å². The van der Waals surface area contributed by atoms with Crippen molar-refractivity contribution in [3.05, 3.63) is 96.6 Å². The molecule has 4 nitrogen and oxygen atoms in total. The summed E-state index contributed by atoms with van der Waals surface area (Å²) in [6.45, 7) is 0. The minimum absolute atomic E-state index is 0.0543. The molecule has 0 saturated carbocycles. The molecule has 3 aromatic rings. The third-order valence-electron chi connectivity index (χ3n) is 3.91. The van der Waals surface area contributed by atoms with Crippen LogP contribution in [0, 0.1) is 0 Å². The van der Waals surface area contributed by atoms with Crippen LogP contribution in [0.2, 0.25) is 0 Å². The van der Waals surface area contributed by atoms with Crippen molar-refractivity contribution in [3.63, 3.8) is 0 Å². The number of para-hydroxylation sites is 2. The lowest BCUT2D eigenvalue weighted by Crippen LogP contribution is -2.25. The smallest absolute Gasteiger partial charge is 0.192 e.